The molecule has 2 atom stereocenters. The van der Waals surface area contributed by atoms with Crippen LogP contribution in [0.4, 0.5) is 14.6 Å². The fourth-order valence-electron chi connectivity index (χ4n) is 5.21. The van der Waals surface area contributed by atoms with Crippen LogP contribution in [-0.2, 0) is 34.4 Å². The second-order valence-corrected chi connectivity index (χ2v) is 11.0. The molecule has 0 fully saturated rings. The smallest absolute Gasteiger partial charge is 0.248 e. The molecule has 40 heavy (non-hydrogen) atoms. The summed E-state index contributed by atoms with van der Waals surface area (Å²) in [5, 5.41) is 6.26. The molecule has 2 amide bonds. The van der Waals surface area contributed by atoms with E-state index < -0.39 is 23.2 Å². The zero-order valence-corrected chi connectivity index (χ0v) is 23.6. The number of halogens is 2. The normalized spacial score (nSPS) is 15.8. The molecule has 2 aromatic heterocycles. The van der Waals surface area contributed by atoms with Crippen molar-refractivity contribution in [3.8, 4) is 0 Å². The van der Waals surface area contributed by atoms with Gasteiger partial charge in [0.1, 0.15) is 17.2 Å². The van der Waals surface area contributed by atoms with Gasteiger partial charge in [0.2, 0.25) is 11.8 Å². The number of aromatic nitrogens is 3. The van der Waals surface area contributed by atoms with E-state index in [1.54, 1.807) is 35.2 Å². The fraction of sp³-hybridized carbons (Fsp3) is 0.467. The van der Waals surface area contributed by atoms with E-state index in [4.69, 9.17) is 0 Å². The molecule has 4 rings (SSSR count). The summed E-state index contributed by atoms with van der Waals surface area (Å²) >= 11 is 0. The molecule has 0 bridgehead atoms. The number of fused-ring (bicyclic) bond motifs is 1. The molecule has 0 aliphatic heterocycles. The average Bonchev–Trinajstić information content (AvgIpc) is 3.41. The van der Waals surface area contributed by atoms with E-state index in [1.807, 2.05) is 39.0 Å². The van der Waals surface area contributed by atoms with E-state index >= 15 is 0 Å². The van der Waals surface area contributed by atoms with E-state index in [0.29, 0.717) is 55.6 Å². The highest BCUT2D eigenvalue weighted by atomic mass is 19.1. The Bertz CT molecular complexity index is 1330. The third-order valence-electron chi connectivity index (χ3n) is 7.57. The number of imidazole rings is 1. The molecule has 0 spiro atoms. The third kappa shape index (κ3) is 6.91. The number of anilines is 1. The summed E-state index contributed by atoms with van der Waals surface area (Å²) in [6, 6.07) is 7.41. The maximum atomic E-state index is 14.4. The van der Waals surface area contributed by atoms with Crippen molar-refractivity contribution < 1.29 is 18.4 Å². The van der Waals surface area contributed by atoms with Crippen LogP contribution in [0, 0.1) is 11.6 Å². The number of carbonyl (C=O) groups excluding carboxylic acids is 2. The van der Waals surface area contributed by atoms with Crippen LogP contribution >= 0.6 is 0 Å². The topological polar surface area (TPSA) is 92.2 Å². The van der Waals surface area contributed by atoms with Crippen molar-refractivity contribution in [2.45, 2.75) is 76.9 Å². The van der Waals surface area contributed by atoms with Crippen molar-refractivity contribution >= 4 is 17.6 Å². The second-order valence-electron chi connectivity index (χ2n) is 11.0. The van der Waals surface area contributed by atoms with Crippen LogP contribution in [0.2, 0.25) is 0 Å². The van der Waals surface area contributed by atoms with Crippen molar-refractivity contribution in [2.24, 2.45) is 0 Å². The molecule has 3 aromatic rings. The first-order valence-corrected chi connectivity index (χ1v) is 13.8. The number of likely N-dealkylation sites (N-methyl/N-ethyl adjacent to an activating group) is 1. The van der Waals surface area contributed by atoms with Crippen molar-refractivity contribution in [3.05, 3.63) is 77.5 Å². The number of nitrogens with one attached hydrogen (secondary N) is 2. The standard InChI is InChI=1S/C30H38F2N6O2/c1-5-8-26(35-23-11-10-20-15-21(31)16-25(32)24(20)17-23)28(39)36-27-18-38(19-34-27)30(2,3)29(40)37(4)14-12-22-9-6-7-13-33-22/h6-7,9,13,15-16,18-19,23,26,35H,5,8,10-12,14,17H2,1-4H3,(H,36,39)/t23-,26-/m0/s1. The lowest BCUT2D eigenvalue weighted by atomic mass is 9.87. The molecule has 1 aliphatic rings. The molecule has 1 aromatic carbocycles. The maximum absolute atomic E-state index is 14.4. The molecule has 2 heterocycles. The van der Waals surface area contributed by atoms with Crippen LogP contribution in [0.3, 0.4) is 0 Å². The molecule has 0 saturated heterocycles. The zero-order valence-electron chi connectivity index (χ0n) is 23.6. The molecule has 2 N–H and O–H groups in total. The van der Waals surface area contributed by atoms with Crippen LogP contribution < -0.4 is 10.6 Å². The average molecular weight is 553 g/mol. The molecule has 1 aliphatic carbocycles. The number of amides is 2. The summed E-state index contributed by atoms with van der Waals surface area (Å²) in [7, 11) is 1.76. The van der Waals surface area contributed by atoms with Gasteiger partial charge < -0.3 is 20.1 Å². The quantitative estimate of drug-likeness (QED) is 0.371. The van der Waals surface area contributed by atoms with Gasteiger partial charge in [-0.05, 0) is 68.9 Å². The number of hydrogen-bond donors (Lipinski definition) is 2. The first-order valence-electron chi connectivity index (χ1n) is 13.8. The van der Waals surface area contributed by atoms with Gasteiger partial charge in [0.05, 0.1) is 12.4 Å². The molecular formula is C30H38F2N6O2. The van der Waals surface area contributed by atoms with Crippen LogP contribution in [0.1, 0.15) is 56.9 Å². The Hall–Kier alpha value is -3.66. The van der Waals surface area contributed by atoms with Gasteiger partial charge >= 0.3 is 0 Å². The largest absolute Gasteiger partial charge is 0.343 e. The van der Waals surface area contributed by atoms with Crippen LogP contribution in [0.25, 0.3) is 0 Å². The number of nitrogens with zero attached hydrogens (tertiary/aromatic N) is 4. The molecule has 0 unspecified atom stereocenters. The highest BCUT2D eigenvalue weighted by Crippen LogP contribution is 2.26. The summed E-state index contributed by atoms with van der Waals surface area (Å²) in [6.07, 6.45) is 8.57. The fourth-order valence-corrected chi connectivity index (χ4v) is 5.21. The summed E-state index contributed by atoms with van der Waals surface area (Å²) in [5.74, 6) is -1.09. The van der Waals surface area contributed by atoms with Gasteiger partial charge in [-0.2, -0.15) is 0 Å². The van der Waals surface area contributed by atoms with Gasteiger partial charge in [0.25, 0.3) is 0 Å². The Morgan fingerprint density at radius 3 is 2.75 bits per heavy atom. The molecule has 214 valence electrons. The minimum absolute atomic E-state index is 0.0890. The zero-order chi connectivity index (χ0) is 28.9. The van der Waals surface area contributed by atoms with Gasteiger partial charge in [0, 0.05) is 50.2 Å². The van der Waals surface area contributed by atoms with E-state index in [9.17, 15) is 18.4 Å². The highest BCUT2D eigenvalue weighted by molar-refractivity contribution is 5.94. The van der Waals surface area contributed by atoms with Crippen LogP contribution in [0.5, 0.6) is 0 Å². The van der Waals surface area contributed by atoms with E-state index in [0.717, 1.165) is 18.2 Å². The van der Waals surface area contributed by atoms with Crippen molar-refractivity contribution in [2.75, 3.05) is 18.9 Å². The first kappa shape index (κ1) is 29.3. The minimum atomic E-state index is -0.922. The predicted molar refractivity (Wildman–Crippen MR) is 150 cm³/mol. The minimum Gasteiger partial charge on any atom is -0.343 e. The lowest BCUT2D eigenvalue weighted by Crippen LogP contribution is -2.48. The molecule has 8 nitrogen and oxygen atoms in total. The lowest BCUT2D eigenvalue weighted by molar-refractivity contribution is -0.137. The number of benzene rings is 1. The summed E-state index contributed by atoms with van der Waals surface area (Å²) in [6.45, 7) is 6.14. The van der Waals surface area contributed by atoms with Gasteiger partial charge in [-0.3, -0.25) is 14.6 Å². The number of carbonyl (C=O) groups is 2. The van der Waals surface area contributed by atoms with Crippen LogP contribution in [0.15, 0.2) is 49.1 Å². The monoisotopic (exact) mass is 552 g/mol. The number of hydrogen-bond acceptors (Lipinski definition) is 5. The Morgan fingerprint density at radius 1 is 1.23 bits per heavy atom. The van der Waals surface area contributed by atoms with Crippen LogP contribution in [-0.4, -0.2) is 56.9 Å². The molecular weight excluding hydrogens is 514 g/mol. The predicted octanol–water partition coefficient (Wildman–Crippen LogP) is 4.25. The first-order chi connectivity index (χ1) is 19.1. The van der Waals surface area contributed by atoms with E-state index in [1.165, 1.54) is 6.07 Å². The number of rotatable bonds is 11. The Morgan fingerprint density at radius 2 is 2.02 bits per heavy atom. The Kier molecular flexibility index (Phi) is 9.29. The number of aryl methyl sites for hydroxylation is 1. The van der Waals surface area contributed by atoms with Crippen molar-refractivity contribution in [1.29, 1.82) is 0 Å². The summed E-state index contributed by atoms with van der Waals surface area (Å²) in [5.41, 5.74) is 1.20. The lowest BCUT2D eigenvalue weighted by Gasteiger charge is -2.30. The summed E-state index contributed by atoms with van der Waals surface area (Å²) < 4.78 is 29.7. The highest BCUT2D eigenvalue weighted by Gasteiger charge is 2.33. The molecule has 10 heteroatoms. The van der Waals surface area contributed by atoms with Gasteiger partial charge in [0.15, 0.2) is 5.82 Å². The van der Waals surface area contributed by atoms with Gasteiger partial charge in [-0.1, -0.05) is 19.4 Å². The third-order valence-corrected chi connectivity index (χ3v) is 7.57. The Balaban J connectivity index is 1.37. The Labute approximate surface area is 234 Å². The van der Waals surface area contributed by atoms with Crippen molar-refractivity contribution in [3.63, 3.8) is 0 Å². The maximum Gasteiger partial charge on any atom is 0.248 e. The number of pyridine rings is 1. The molecule has 0 radical (unpaired) electrons. The van der Waals surface area contributed by atoms with E-state index in [-0.39, 0.29) is 17.9 Å². The second kappa shape index (κ2) is 12.7. The molecule has 0 saturated carbocycles. The van der Waals surface area contributed by atoms with Gasteiger partial charge in [-0.25, -0.2) is 13.8 Å². The summed E-state index contributed by atoms with van der Waals surface area (Å²) in [4.78, 5) is 36.8. The van der Waals surface area contributed by atoms with E-state index in [2.05, 4.69) is 20.6 Å². The van der Waals surface area contributed by atoms with Gasteiger partial charge in [-0.15, -0.1) is 0 Å². The SMILES string of the molecule is CCC[C@H](N[C@H]1CCc2cc(F)cc(F)c2C1)C(=O)Nc1cn(C(C)(C)C(=O)N(C)CCc2ccccn2)cn1. The van der Waals surface area contributed by atoms with Crippen molar-refractivity contribution in [1.82, 2.24) is 24.8 Å².